The number of hydrogen-bond acceptors (Lipinski definition) is 12. The first-order valence-electron chi connectivity index (χ1n) is 16.2. The molecule has 266 valence electrons. The molecule has 2 bridgehead atoms. The first-order chi connectivity index (χ1) is 24.3. The number of aromatic hydroxyl groups is 4. The van der Waals surface area contributed by atoms with Crippen molar-refractivity contribution < 1.29 is 59.2 Å². The Hall–Kier alpha value is -5.63. The van der Waals surface area contributed by atoms with E-state index in [0.29, 0.717) is 16.7 Å². The number of phenols is 4. The van der Waals surface area contributed by atoms with E-state index < -0.39 is 76.6 Å². The highest BCUT2D eigenvalue weighted by atomic mass is 16.6. The lowest BCUT2D eigenvalue weighted by Crippen LogP contribution is -2.85. The van der Waals surface area contributed by atoms with E-state index >= 15 is 0 Å². The van der Waals surface area contributed by atoms with Crippen molar-refractivity contribution in [2.75, 3.05) is 13.7 Å². The molecule has 13 nitrogen and oxygen atoms in total. The summed E-state index contributed by atoms with van der Waals surface area (Å²) in [5.41, 5.74) is -5.02. The van der Waals surface area contributed by atoms with Crippen molar-refractivity contribution in [3.05, 3.63) is 108 Å². The predicted molar refractivity (Wildman–Crippen MR) is 181 cm³/mol. The molecule has 7 N–H and O–H groups in total. The summed E-state index contributed by atoms with van der Waals surface area (Å²) in [5, 5.41) is 65.3. The SMILES string of the molecule is CN[C@@H]1[C@H]2C=CC3(C[C@](O)(C(=O)O)[C@H](Cc4ccccc4)[C@@H](OC(=O)/C=C/c4ccc(O)c(O)c4)[C@]13OC(=O)/C=C/c1ccc(O)c(O)c1)OC2. The van der Waals surface area contributed by atoms with Crippen LogP contribution in [0.4, 0.5) is 0 Å². The van der Waals surface area contributed by atoms with Crippen molar-refractivity contribution >= 4 is 30.1 Å². The normalized spacial score (nSPS) is 29.5. The molecule has 7 atom stereocenters. The fraction of sp³-hybridized carbons (Fsp3) is 0.289. The molecule has 1 spiro atoms. The topological polar surface area (TPSA) is 212 Å². The fourth-order valence-corrected chi connectivity index (χ4v) is 7.57. The monoisotopic (exact) mass is 699 g/mol. The smallest absolute Gasteiger partial charge is 0.336 e. The number of hydrogen-bond donors (Lipinski definition) is 7. The third-order valence-electron chi connectivity index (χ3n) is 9.95. The van der Waals surface area contributed by atoms with Crippen molar-refractivity contribution in [1.82, 2.24) is 5.32 Å². The number of aliphatic carboxylic acids is 1. The van der Waals surface area contributed by atoms with Crippen molar-refractivity contribution in [3.63, 3.8) is 0 Å². The number of ether oxygens (including phenoxy) is 3. The van der Waals surface area contributed by atoms with Crippen LogP contribution >= 0.6 is 0 Å². The van der Waals surface area contributed by atoms with Crippen LogP contribution < -0.4 is 5.32 Å². The van der Waals surface area contributed by atoms with Gasteiger partial charge in [-0.05, 0) is 66.6 Å². The number of aliphatic hydroxyl groups is 1. The lowest BCUT2D eigenvalue weighted by molar-refractivity contribution is -0.321. The van der Waals surface area contributed by atoms with Crippen LogP contribution in [-0.4, -0.2) is 91.2 Å². The van der Waals surface area contributed by atoms with Gasteiger partial charge in [0.25, 0.3) is 0 Å². The summed E-state index contributed by atoms with van der Waals surface area (Å²) in [6.07, 6.45) is 5.80. The molecule has 2 fully saturated rings. The van der Waals surface area contributed by atoms with Crippen LogP contribution in [0.25, 0.3) is 12.2 Å². The number of nitrogens with one attached hydrogen (secondary N) is 1. The van der Waals surface area contributed by atoms with Crippen molar-refractivity contribution in [2.24, 2.45) is 11.8 Å². The Morgan fingerprint density at radius 1 is 0.882 bits per heavy atom. The van der Waals surface area contributed by atoms with Crippen LogP contribution in [-0.2, 0) is 35.0 Å². The average molecular weight is 700 g/mol. The minimum absolute atomic E-state index is 0.0773. The number of likely N-dealkylation sites (N-methyl/N-ethyl adjacent to an activating group) is 1. The van der Waals surface area contributed by atoms with Crippen LogP contribution in [0.15, 0.2) is 91.0 Å². The van der Waals surface area contributed by atoms with Gasteiger partial charge in [0.1, 0.15) is 5.60 Å². The zero-order valence-electron chi connectivity index (χ0n) is 27.4. The Kier molecular flexibility index (Phi) is 9.38. The molecule has 0 radical (unpaired) electrons. The van der Waals surface area contributed by atoms with Crippen LogP contribution in [0.2, 0.25) is 0 Å². The largest absolute Gasteiger partial charge is 0.504 e. The van der Waals surface area contributed by atoms with Crippen LogP contribution in [0, 0.1) is 11.8 Å². The van der Waals surface area contributed by atoms with Crippen molar-refractivity contribution in [3.8, 4) is 23.0 Å². The molecule has 7 rings (SSSR count). The molecule has 0 amide bonds. The highest BCUT2D eigenvalue weighted by molar-refractivity contribution is 5.89. The first kappa shape index (κ1) is 35.2. The zero-order chi connectivity index (χ0) is 36.6. The Bertz CT molecular complexity index is 1920. The van der Waals surface area contributed by atoms with E-state index in [0.717, 1.165) is 12.2 Å². The van der Waals surface area contributed by atoms with Crippen molar-refractivity contribution in [2.45, 2.75) is 41.8 Å². The second-order valence-corrected chi connectivity index (χ2v) is 12.9. The van der Waals surface area contributed by atoms with Gasteiger partial charge in [-0.1, -0.05) is 54.6 Å². The van der Waals surface area contributed by atoms with E-state index in [1.807, 2.05) is 0 Å². The summed E-state index contributed by atoms with van der Waals surface area (Å²) in [5.74, 6) is -6.88. The van der Waals surface area contributed by atoms with E-state index in [1.54, 1.807) is 49.5 Å². The highest BCUT2D eigenvalue weighted by Crippen LogP contribution is 2.59. The maximum atomic E-state index is 13.9. The molecule has 2 aliphatic heterocycles. The molecule has 3 aromatic rings. The number of rotatable bonds is 10. The van der Waals surface area contributed by atoms with Gasteiger partial charge in [-0.15, -0.1) is 0 Å². The minimum atomic E-state index is -2.56. The maximum absolute atomic E-state index is 13.9. The summed E-state index contributed by atoms with van der Waals surface area (Å²) >= 11 is 0. The Morgan fingerprint density at radius 3 is 2.02 bits per heavy atom. The molecule has 4 aliphatic rings. The molecule has 1 saturated heterocycles. The van der Waals surface area contributed by atoms with Gasteiger partial charge in [-0.25, -0.2) is 14.4 Å². The van der Waals surface area contributed by atoms with E-state index in [1.165, 1.54) is 48.6 Å². The second-order valence-electron chi connectivity index (χ2n) is 12.9. The molecular weight excluding hydrogens is 662 g/mol. The van der Waals surface area contributed by atoms with Crippen molar-refractivity contribution in [1.29, 1.82) is 0 Å². The quantitative estimate of drug-likeness (QED) is 0.0703. The maximum Gasteiger partial charge on any atom is 0.336 e. The number of phenolic OH excluding ortho intramolecular Hbond substituents is 4. The van der Waals surface area contributed by atoms with E-state index in [-0.39, 0.29) is 24.5 Å². The van der Waals surface area contributed by atoms with Crippen LogP contribution in [0.1, 0.15) is 23.1 Å². The molecule has 0 aromatic heterocycles. The summed E-state index contributed by atoms with van der Waals surface area (Å²) < 4.78 is 18.9. The molecule has 51 heavy (non-hydrogen) atoms. The number of esters is 2. The van der Waals surface area contributed by atoms with Gasteiger partial charge in [-0.3, -0.25) is 0 Å². The molecule has 1 unspecified atom stereocenters. The molecule has 13 heteroatoms. The predicted octanol–water partition coefficient (Wildman–Crippen LogP) is 3.05. The van der Waals surface area contributed by atoms with Crippen LogP contribution in [0.3, 0.4) is 0 Å². The average Bonchev–Trinajstić information content (AvgIpc) is 3.11. The molecular formula is C38H37NO12. The van der Waals surface area contributed by atoms with Gasteiger partial charge in [0.05, 0.1) is 12.6 Å². The lowest BCUT2D eigenvalue weighted by Gasteiger charge is -2.66. The van der Waals surface area contributed by atoms with E-state index in [4.69, 9.17) is 14.2 Å². The fourth-order valence-electron chi connectivity index (χ4n) is 7.57. The number of benzene rings is 3. The first-order valence-corrected chi connectivity index (χ1v) is 16.2. The lowest BCUT2D eigenvalue weighted by atomic mass is 9.51. The van der Waals surface area contributed by atoms with Crippen LogP contribution in [0.5, 0.6) is 23.0 Å². The zero-order valence-corrected chi connectivity index (χ0v) is 27.4. The van der Waals surface area contributed by atoms with Gasteiger partial charge in [-0.2, -0.15) is 0 Å². The number of carboxylic acids is 1. The number of fused-ring (bicyclic) bond motifs is 1. The minimum Gasteiger partial charge on any atom is -0.504 e. The third kappa shape index (κ3) is 6.31. The Morgan fingerprint density at radius 2 is 1.49 bits per heavy atom. The standard InChI is InChI=1S/C38H37NO12/c1-39-33-25-15-16-36(49-20-25)21-37(48,35(46)47)26(17-22-5-3-2-4-6-22)34(50-31(44)13-9-23-7-11-27(40)29(42)18-23)38(33,36)51-32(45)14-10-24-8-12-28(41)30(43)19-24/h2-16,18-19,25-26,33-34,39-43,48H,17,20-21H2,1H3,(H,46,47)/b13-9+,14-10+/t25-,26+,33+,34+,36?,37+,38+/m0/s1. The Labute approximate surface area is 292 Å². The molecule has 1 saturated carbocycles. The van der Waals surface area contributed by atoms with E-state index in [2.05, 4.69) is 5.32 Å². The number of carbonyl (C=O) groups excluding carboxylic acids is 2. The number of carboxylic acid groups (broad SMARTS) is 1. The van der Waals surface area contributed by atoms with E-state index in [9.17, 15) is 45.0 Å². The van der Waals surface area contributed by atoms with Gasteiger partial charge >= 0.3 is 17.9 Å². The summed E-state index contributed by atoms with van der Waals surface area (Å²) in [4.78, 5) is 40.7. The molecule has 3 aromatic carbocycles. The summed E-state index contributed by atoms with van der Waals surface area (Å²) in [6.45, 7) is 0.0773. The molecule has 2 heterocycles. The summed E-state index contributed by atoms with van der Waals surface area (Å²) in [7, 11) is 1.62. The second kappa shape index (κ2) is 13.6. The van der Waals surface area contributed by atoms with Gasteiger partial charge in [0, 0.05) is 30.4 Å². The van der Waals surface area contributed by atoms with Gasteiger partial charge in [0.2, 0.25) is 0 Å². The Balaban J connectivity index is 1.49. The van der Waals surface area contributed by atoms with Gasteiger partial charge in [0.15, 0.2) is 40.3 Å². The highest BCUT2D eigenvalue weighted by Gasteiger charge is 2.78. The molecule has 2 aliphatic carbocycles. The van der Waals surface area contributed by atoms with Gasteiger partial charge < -0.3 is 50.2 Å². The summed E-state index contributed by atoms with van der Waals surface area (Å²) in [6, 6.07) is 15.7. The third-order valence-corrected chi connectivity index (χ3v) is 9.95. The number of carbonyl (C=O) groups is 3.